The normalized spacial score (nSPS) is 18.1. The van der Waals surface area contributed by atoms with Crippen LogP contribution in [0.5, 0.6) is 0 Å². The Labute approximate surface area is 113 Å². The Hall–Kier alpha value is -1.71. The number of nitrogens with zero attached hydrogens (tertiary/aromatic N) is 1. The molecule has 0 aliphatic carbocycles. The van der Waals surface area contributed by atoms with Crippen LogP contribution in [-0.4, -0.2) is 25.2 Å². The summed E-state index contributed by atoms with van der Waals surface area (Å²) in [6.45, 7) is 1.66. The first-order valence-corrected chi connectivity index (χ1v) is 6.68. The first-order chi connectivity index (χ1) is 9.38. The van der Waals surface area contributed by atoms with Crippen LogP contribution >= 0.6 is 0 Å². The number of nitrogens with one attached hydrogen (secondary N) is 1. The molecule has 1 N–H and O–H groups in total. The van der Waals surface area contributed by atoms with Gasteiger partial charge in [0.25, 0.3) is 0 Å². The van der Waals surface area contributed by atoms with Crippen LogP contribution in [0.25, 0.3) is 11.1 Å². The van der Waals surface area contributed by atoms with Gasteiger partial charge in [-0.1, -0.05) is 24.3 Å². The summed E-state index contributed by atoms with van der Waals surface area (Å²) >= 11 is 0. The van der Waals surface area contributed by atoms with E-state index in [9.17, 15) is 0 Å². The van der Waals surface area contributed by atoms with Gasteiger partial charge >= 0.3 is 0 Å². The predicted octanol–water partition coefficient (Wildman–Crippen LogP) is 2.58. The zero-order chi connectivity index (χ0) is 13.1. The summed E-state index contributed by atoms with van der Waals surface area (Å²) < 4.78 is 5.82. The van der Waals surface area contributed by atoms with E-state index in [1.54, 1.807) is 6.20 Å². The second kappa shape index (κ2) is 5.51. The molecule has 0 fully saturated rings. The molecule has 19 heavy (non-hydrogen) atoms. The Balaban J connectivity index is 1.96. The second-order valence-corrected chi connectivity index (χ2v) is 4.82. The van der Waals surface area contributed by atoms with Crippen molar-refractivity contribution in [2.45, 2.75) is 12.5 Å². The van der Waals surface area contributed by atoms with Gasteiger partial charge in [-0.2, -0.15) is 0 Å². The van der Waals surface area contributed by atoms with Gasteiger partial charge in [-0.25, -0.2) is 0 Å². The van der Waals surface area contributed by atoms with Crippen LogP contribution in [0.3, 0.4) is 0 Å². The minimum Gasteiger partial charge on any atom is -0.372 e. The van der Waals surface area contributed by atoms with Crippen molar-refractivity contribution in [3.8, 4) is 11.1 Å². The summed E-state index contributed by atoms with van der Waals surface area (Å²) in [6, 6.07) is 10.7. The van der Waals surface area contributed by atoms with Gasteiger partial charge in [0.05, 0.1) is 12.7 Å². The molecule has 0 saturated heterocycles. The van der Waals surface area contributed by atoms with Crippen molar-refractivity contribution in [3.05, 3.63) is 53.9 Å². The van der Waals surface area contributed by atoms with Crippen molar-refractivity contribution in [2.24, 2.45) is 0 Å². The quantitative estimate of drug-likeness (QED) is 0.914. The molecule has 98 valence electrons. The molecule has 0 radical (unpaired) electrons. The smallest absolute Gasteiger partial charge is 0.0951 e. The molecule has 3 nitrogen and oxygen atoms in total. The SMILES string of the molecule is CNC[C@H]1OCCc2cc(-c3cccnc3)ccc21. The average molecular weight is 254 g/mol. The van der Waals surface area contributed by atoms with E-state index in [0.717, 1.165) is 19.6 Å². The maximum absolute atomic E-state index is 5.82. The molecule has 0 bridgehead atoms. The Morgan fingerprint density at radius 1 is 1.32 bits per heavy atom. The highest BCUT2D eigenvalue weighted by atomic mass is 16.5. The fourth-order valence-electron chi connectivity index (χ4n) is 2.60. The van der Waals surface area contributed by atoms with Crippen LogP contribution in [0.1, 0.15) is 17.2 Å². The number of hydrogen-bond donors (Lipinski definition) is 1. The molecule has 0 unspecified atom stereocenters. The van der Waals surface area contributed by atoms with Gasteiger partial charge in [0.1, 0.15) is 0 Å². The molecule has 0 amide bonds. The Morgan fingerprint density at radius 3 is 3.05 bits per heavy atom. The fourth-order valence-corrected chi connectivity index (χ4v) is 2.60. The molecule has 3 rings (SSSR count). The van der Waals surface area contributed by atoms with E-state index in [4.69, 9.17) is 4.74 Å². The zero-order valence-electron chi connectivity index (χ0n) is 11.1. The maximum Gasteiger partial charge on any atom is 0.0951 e. The molecule has 1 atom stereocenters. The van der Waals surface area contributed by atoms with E-state index >= 15 is 0 Å². The second-order valence-electron chi connectivity index (χ2n) is 4.82. The van der Waals surface area contributed by atoms with Gasteiger partial charge in [-0.05, 0) is 41.8 Å². The van der Waals surface area contributed by atoms with E-state index in [2.05, 4.69) is 34.6 Å². The van der Waals surface area contributed by atoms with E-state index in [-0.39, 0.29) is 6.10 Å². The summed E-state index contributed by atoms with van der Waals surface area (Å²) in [5.41, 5.74) is 5.11. The van der Waals surface area contributed by atoms with Crippen LogP contribution in [0.2, 0.25) is 0 Å². The van der Waals surface area contributed by atoms with Crippen molar-refractivity contribution < 1.29 is 4.74 Å². The van der Waals surface area contributed by atoms with Crippen molar-refractivity contribution >= 4 is 0 Å². The lowest BCUT2D eigenvalue weighted by molar-refractivity contribution is 0.0439. The summed E-state index contributed by atoms with van der Waals surface area (Å²) in [4.78, 5) is 4.18. The highest BCUT2D eigenvalue weighted by Crippen LogP contribution is 2.30. The third kappa shape index (κ3) is 2.53. The number of hydrogen-bond acceptors (Lipinski definition) is 3. The number of benzene rings is 1. The maximum atomic E-state index is 5.82. The largest absolute Gasteiger partial charge is 0.372 e. The van der Waals surface area contributed by atoms with Crippen molar-refractivity contribution in [3.63, 3.8) is 0 Å². The molecule has 1 aromatic heterocycles. The first kappa shape index (κ1) is 12.3. The molecule has 1 aliphatic heterocycles. The number of fused-ring (bicyclic) bond motifs is 1. The van der Waals surface area contributed by atoms with Crippen LogP contribution < -0.4 is 5.32 Å². The Kier molecular flexibility index (Phi) is 3.58. The van der Waals surface area contributed by atoms with Crippen LogP contribution in [0.4, 0.5) is 0 Å². The number of aromatic nitrogens is 1. The van der Waals surface area contributed by atoms with Crippen molar-refractivity contribution in [1.82, 2.24) is 10.3 Å². The lowest BCUT2D eigenvalue weighted by atomic mass is 9.93. The van der Waals surface area contributed by atoms with E-state index < -0.39 is 0 Å². The minimum atomic E-state index is 0.177. The predicted molar refractivity (Wildman–Crippen MR) is 76.0 cm³/mol. The minimum absolute atomic E-state index is 0.177. The summed E-state index contributed by atoms with van der Waals surface area (Å²) in [5, 5.41) is 3.19. The van der Waals surface area contributed by atoms with Crippen molar-refractivity contribution in [2.75, 3.05) is 20.2 Å². The fraction of sp³-hybridized carbons (Fsp3) is 0.312. The van der Waals surface area contributed by atoms with Gasteiger partial charge in [0.15, 0.2) is 0 Å². The third-order valence-electron chi connectivity index (χ3n) is 3.56. The third-order valence-corrected chi connectivity index (χ3v) is 3.56. The standard InChI is InChI=1S/C16H18N2O/c1-17-11-16-15-5-4-12(9-13(15)6-8-19-16)14-3-2-7-18-10-14/h2-5,7,9-10,16-17H,6,8,11H2,1H3/t16-/m1/s1. The van der Waals surface area contributed by atoms with Crippen LogP contribution in [-0.2, 0) is 11.2 Å². The summed E-state index contributed by atoms with van der Waals surface area (Å²) in [6.07, 6.45) is 4.88. The lowest BCUT2D eigenvalue weighted by Crippen LogP contribution is -2.25. The van der Waals surface area contributed by atoms with Crippen LogP contribution in [0.15, 0.2) is 42.7 Å². The van der Waals surface area contributed by atoms with Gasteiger partial charge < -0.3 is 10.1 Å². The van der Waals surface area contributed by atoms with Gasteiger partial charge in [-0.15, -0.1) is 0 Å². The molecule has 3 heteroatoms. The Bertz CT molecular complexity index is 554. The molecule has 0 saturated carbocycles. The molecule has 1 aromatic carbocycles. The number of rotatable bonds is 3. The molecular weight excluding hydrogens is 236 g/mol. The summed E-state index contributed by atoms with van der Waals surface area (Å²) in [7, 11) is 1.96. The topological polar surface area (TPSA) is 34.1 Å². The zero-order valence-corrected chi connectivity index (χ0v) is 11.1. The summed E-state index contributed by atoms with van der Waals surface area (Å²) in [5.74, 6) is 0. The first-order valence-electron chi connectivity index (χ1n) is 6.68. The Morgan fingerprint density at radius 2 is 2.26 bits per heavy atom. The average Bonchev–Trinajstić information content (AvgIpc) is 2.48. The molecule has 1 aliphatic rings. The highest BCUT2D eigenvalue weighted by molar-refractivity contribution is 5.64. The molecule has 0 spiro atoms. The van der Waals surface area contributed by atoms with Gasteiger partial charge in [0.2, 0.25) is 0 Å². The van der Waals surface area contributed by atoms with E-state index in [1.807, 2.05) is 19.3 Å². The molecule has 2 aromatic rings. The van der Waals surface area contributed by atoms with Crippen LogP contribution in [0, 0.1) is 0 Å². The molecular formula is C16H18N2O. The lowest BCUT2D eigenvalue weighted by Gasteiger charge is -2.26. The number of ether oxygens (including phenoxy) is 1. The van der Waals surface area contributed by atoms with Gasteiger partial charge in [0, 0.05) is 18.9 Å². The van der Waals surface area contributed by atoms with Gasteiger partial charge in [-0.3, -0.25) is 4.98 Å². The molecule has 2 heterocycles. The van der Waals surface area contributed by atoms with E-state index in [0.29, 0.717) is 0 Å². The highest BCUT2D eigenvalue weighted by Gasteiger charge is 2.20. The number of likely N-dealkylation sites (N-methyl/N-ethyl adjacent to an activating group) is 1. The number of pyridine rings is 1. The monoisotopic (exact) mass is 254 g/mol. The van der Waals surface area contributed by atoms with E-state index in [1.165, 1.54) is 22.3 Å². The van der Waals surface area contributed by atoms with Crippen molar-refractivity contribution in [1.29, 1.82) is 0 Å².